The number of esters is 1. The third-order valence-corrected chi connectivity index (χ3v) is 9.93. The molecule has 1 aliphatic heterocycles. The average Bonchev–Trinajstić information content (AvgIpc) is 3.54. The van der Waals surface area contributed by atoms with Crippen LogP contribution in [0.3, 0.4) is 0 Å². The number of hydrogen-bond donors (Lipinski definition) is 0. The topological polar surface area (TPSA) is 83.3 Å². The highest BCUT2D eigenvalue weighted by Crippen LogP contribution is 2.50. The van der Waals surface area contributed by atoms with Crippen LogP contribution in [0.25, 0.3) is 0 Å². The third kappa shape index (κ3) is 6.34. The average molecular weight is 637 g/mol. The molecule has 1 saturated carbocycles. The Morgan fingerprint density at radius 3 is 2.06 bits per heavy atom. The van der Waals surface area contributed by atoms with Crippen molar-refractivity contribution in [1.29, 1.82) is 0 Å². The Labute approximate surface area is 276 Å². The standard InChI is InChI=1S/C39H42NO7/c1-4-38(26-28-22-23-32(43-2)33(25-28)44-3)27-40(42)47-37(35(38)46-36(41)29-15-8-5-9-16-29)45-34-21-14-24-39(34,30-17-10-6-11-18-30)31-19-12-7-13-20-31/h5-13,15-20,22-23,25,34-35,37H,4,14,21,24,26-27H2,1-3H3/q+1. The highest BCUT2D eigenvalue weighted by molar-refractivity contribution is 5.89. The van der Waals surface area contributed by atoms with E-state index in [4.69, 9.17) is 23.8 Å². The molecule has 8 heteroatoms. The molecule has 1 heterocycles. The van der Waals surface area contributed by atoms with Gasteiger partial charge in [-0.3, -0.25) is 0 Å². The van der Waals surface area contributed by atoms with E-state index in [0.717, 1.165) is 36.0 Å². The van der Waals surface area contributed by atoms with Gasteiger partial charge < -0.3 is 18.9 Å². The Morgan fingerprint density at radius 1 is 0.851 bits per heavy atom. The van der Waals surface area contributed by atoms with Gasteiger partial charge in [0.15, 0.2) is 17.6 Å². The first kappa shape index (κ1) is 32.3. The van der Waals surface area contributed by atoms with Gasteiger partial charge >= 0.3 is 12.3 Å². The van der Waals surface area contributed by atoms with E-state index < -0.39 is 29.2 Å². The Kier molecular flexibility index (Phi) is 9.59. The first-order valence-corrected chi connectivity index (χ1v) is 16.3. The zero-order chi connectivity index (χ0) is 32.9. The summed E-state index contributed by atoms with van der Waals surface area (Å²) in [5, 5.41) is 0. The largest absolute Gasteiger partial charge is 0.493 e. The van der Waals surface area contributed by atoms with E-state index in [0.29, 0.717) is 34.8 Å². The fraction of sp³-hybridized carbons (Fsp3) is 0.359. The predicted octanol–water partition coefficient (Wildman–Crippen LogP) is 7.47. The number of benzene rings is 4. The van der Waals surface area contributed by atoms with Crippen LogP contribution in [-0.2, 0) is 26.1 Å². The van der Waals surface area contributed by atoms with Crippen molar-refractivity contribution in [2.45, 2.75) is 62.9 Å². The fourth-order valence-corrected chi connectivity index (χ4v) is 7.49. The van der Waals surface area contributed by atoms with Crippen molar-refractivity contribution in [1.82, 2.24) is 0 Å². The Bertz CT molecular complexity index is 1620. The Hall–Kier alpha value is -4.69. The first-order valence-electron chi connectivity index (χ1n) is 16.3. The lowest BCUT2D eigenvalue weighted by Gasteiger charge is -2.43. The van der Waals surface area contributed by atoms with Crippen LogP contribution < -0.4 is 9.47 Å². The molecule has 0 aromatic heterocycles. The summed E-state index contributed by atoms with van der Waals surface area (Å²) in [4.78, 5) is 33.8. The summed E-state index contributed by atoms with van der Waals surface area (Å²) >= 11 is 0. The minimum atomic E-state index is -1.15. The minimum Gasteiger partial charge on any atom is -0.493 e. The number of carbonyl (C=O) groups excluding carboxylic acids is 1. The van der Waals surface area contributed by atoms with Gasteiger partial charge in [0.2, 0.25) is 4.92 Å². The number of rotatable bonds is 11. The molecule has 4 aromatic rings. The SMILES string of the molecule is CCC1(Cc2ccc(OC)c(OC)c2)C[N+](=O)OC(OC2CCCC2(c2ccccc2)c2ccccc2)C1OC(=O)c1ccccc1. The zero-order valence-electron chi connectivity index (χ0n) is 27.2. The van der Waals surface area contributed by atoms with Crippen molar-refractivity contribution in [3.05, 3.63) is 136 Å². The maximum Gasteiger partial charge on any atom is 0.338 e. The number of hydrogen-bond acceptors (Lipinski definition) is 7. The van der Waals surface area contributed by atoms with E-state index in [1.807, 2.05) is 67.6 Å². The molecule has 1 saturated heterocycles. The van der Waals surface area contributed by atoms with Crippen LogP contribution in [0.2, 0.25) is 0 Å². The molecule has 6 rings (SSSR count). The molecular weight excluding hydrogens is 594 g/mol. The minimum absolute atomic E-state index is 0.0162. The molecule has 2 aliphatic rings. The van der Waals surface area contributed by atoms with E-state index in [2.05, 4.69) is 24.3 Å². The smallest absolute Gasteiger partial charge is 0.338 e. The Balaban J connectivity index is 1.42. The van der Waals surface area contributed by atoms with Gasteiger partial charge in [0, 0.05) is 5.41 Å². The summed E-state index contributed by atoms with van der Waals surface area (Å²) in [6, 6.07) is 35.3. The lowest BCUT2D eigenvalue weighted by atomic mass is 9.71. The van der Waals surface area contributed by atoms with Gasteiger partial charge in [0.25, 0.3) is 6.54 Å². The summed E-state index contributed by atoms with van der Waals surface area (Å²) in [5.41, 5.74) is 2.25. The summed E-state index contributed by atoms with van der Waals surface area (Å²) in [6.07, 6.45) is 1.05. The molecule has 1 aliphatic carbocycles. The second-order valence-corrected chi connectivity index (χ2v) is 12.5. The first-order chi connectivity index (χ1) is 22.9. The van der Waals surface area contributed by atoms with Gasteiger partial charge in [-0.15, -0.1) is 0 Å². The fourth-order valence-electron chi connectivity index (χ4n) is 7.49. The molecule has 0 bridgehead atoms. The monoisotopic (exact) mass is 636 g/mol. The van der Waals surface area contributed by atoms with Crippen molar-refractivity contribution in [2.24, 2.45) is 5.41 Å². The molecule has 4 atom stereocenters. The maximum atomic E-state index is 13.7. The van der Waals surface area contributed by atoms with E-state index in [1.54, 1.807) is 38.5 Å². The Morgan fingerprint density at radius 2 is 1.47 bits per heavy atom. The summed E-state index contributed by atoms with van der Waals surface area (Å²) < 4.78 is 24.4. The van der Waals surface area contributed by atoms with Crippen molar-refractivity contribution >= 4 is 5.97 Å². The van der Waals surface area contributed by atoms with Crippen LogP contribution in [0.5, 0.6) is 11.5 Å². The molecular formula is C39H42NO7+. The van der Waals surface area contributed by atoms with Gasteiger partial charge in [-0.1, -0.05) is 91.9 Å². The number of carbonyl (C=O) groups is 1. The molecule has 244 valence electrons. The summed E-state index contributed by atoms with van der Waals surface area (Å²) in [7, 11) is 3.18. The van der Waals surface area contributed by atoms with Crippen molar-refractivity contribution in [3.63, 3.8) is 0 Å². The third-order valence-electron chi connectivity index (χ3n) is 9.93. The second-order valence-electron chi connectivity index (χ2n) is 12.5. The molecule has 0 radical (unpaired) electrons. The van der Waals surface area contributed by atoms with Crippen molar-refractivity contribution in [3.8, 4) is 11.5 Å². The molecule has 0 spiro atoms. The number of methoxy groups -OCH3 is 2. The van der Waals surface area contributed by atoms with E-state index in [-0.39, 0.29) is 12.6 Å². The summed E-state index contributed by atoms with van der Waals surface area (Å²) in [5.74, 6) is 0.683. The highest BCUT2D eigenvalue weighted by Gasteiger charge is 2.60. The molecule has 0 amide bonds. The normalized spacial score (nSPS) is 23.5. The van der Waals surface area contributed by atoms with Crippen molar-refractivity contribution in [2.75, 3.05) is 20.8 Å². The molecule has 4 unspecified atom stereocenters. The molecule has 47 heavy (non-hydrogen) atoms. The van der Waals surface area contributed by atoms with Crippen LogP contribution >= 0.6 is 0 Å². The second kappa shape index (κ2) is 14.0. The van der Waals surface area contributed by atoms with E-state index in [1.165, 1.54) is 0 Å². The van der Waals surface area contributed by atoms with E-state index >= 15 is 0 Å². The van der Waals surface area contributed by atoms with Gasteiger partial charge in [-0.05, 0) is 73.1 Å². The predicted molar refractivity (Wildman–Crippen MR) is 177 cm³/mol. The van der Waals surface area contributed by atoms with Gasteiger partial charge in [-0.2, -0.15) is 4.84 Å². The molecule has 4 aromatic carbocycles. The van der Waals surface area contributed by atoms with E-state index in [9.17, 15) is 9.70 Å². The van der Waals surface area contributed by atoms with Crippen LogP contribution in [0.4, 0.5) is 0 Å². The van der Waals surface area contributed by atoms with Crippen LogP contribution in [0.1, 0.15) is 59.7 Å². The maximum absolute atomic E-state index is 13.7. The quantitative estimate of drug-likeness (QED) is 0.158. The van der Waals surface area contributed by atoms with Crippen LogP contribution in [-0.4, -0.2) is 50.2 Å². The van der Waals surface area contributed by atoms with Crippen LogP contribution in [0.15, 0.2) is 109 Å². The highest BCUT2D eigenvalue weighted by atomic mass is 16.9. The van der Waals surface area contributed by atoms with Gasteiger partial charge in [-0.25, -0.2) is 4.79 Å². The van der Waals surface area contributed by atoms with Crippen LogP contribution in [0, 0.1) is 10.3 Å². The molecule has 2 fully saturated rings. The zero-order valence-corrected chi connectivity index (χ0v) is 27.2. The van der Waals surface area contributed by atoms with Crippen molar-refractivity contribution < 1.29 is 33.5 Å². The lowest BCUT2D eigenvalue weighted by molar-refractivity contribution is -0.846. The number of ether oxygens (including phenoxy) is 4. The molecule has 0 N–H and O–H groups in total. The number of nitrogens with zero attached hydrogens (tertiary/aromatic N) is 1. The van der Waals surface area contributed by atoms with Gasteiger partial charge in [0.05, 0.1) is 36.2 Å². The molecule has 8 nitrogen and oxygen atoms in total. The lowest BCUT2D eigenvalue weighted by Crippen LogP contribution is -2.59. The van der Waals surface area contributed by atoms with Gasteiger partial charge in [0.1, 0.15) is 0 Å². The summed E-state index contributed by atoms with van der Waals surface area (Å²) in [6.45, 7) is 1.99.